The van der Waals surface area contributed by atoms with Gasteiger partial charge in [0.1, 0.15) is 0 Å². The lowest BCUT2D eigenvalue weighted by atomic mass is 10.2. The van der Waals surface area contributed by atoms with Crippen molar-refractivity contribution in [2.45, 2.75) is 25.7 Å². The van der Waals surface area contributed by atoms with Gasteiger partial charge < -0.3 is 10.6 Å². The summed E-state index contributed by atoms with van der Waals surface area (Å²) in [6.07, 6.45) is 7.17. The van der Waals surface area contributed by atoms with Crippen molar-refractivity contribution in [3.05, 3.63) is 18.3 Å². The Kier molecular flexibility index (Phi) is 2.59. The van der Waals surface area contributed by atoms with Gasteiger partial charge in [-0.05, 0) is 18.9 Å². The molecule has 0 radical (unpaired) electrons. The zero-order chi connectivity index (χ0) is 11.7. The number of hydrogen-bond acceptors (Lipinski definition) is 4. The van der Waals surface area contributed by atoms with E-state index in [9.17, 15) is 0 Å². The van der Waals surface area contributed by atoms with Crippen molar-refractivity contribution in [3.8, 4) is 0 Å². The second-order valence-electron chi connectivity index (χ2n) is 4.56. The number of hydrogen-bond donors (Lipinski definition) is 1. The lowest BCUT2D eigenvalue weighted by Gasteiger charge is -2.22. The second kappa shape index (κ2) is 4.24. The monoisotopic (exact) mass is 231 g/mol. The molecule has 3 rings (SSSR count). The van der Waals surface area contributed by atoms with Crippen LogP contribution in [0.1, 0.15) is 25.7 Å². The summed E-state index contributed by atoms with van der Waals surface area (Å²) in [6, 6.07) is 4.15. The molecule has 5 heteroatoms. The number of pyridine rings is 1. The first kappa shape index (κ1) is 10.4. The molecule has 5 nitrogen and oxygen atoms in total. The number of aromatic nitrogens is 3. The Morgan fingerprint density at radius 1 is 1.12 bits per heavy atom. The first-order chi connectivity index (χ1) is 8.33. The van der Waals surface area contributed by atoms with Gasteiger partial charge in [-0.1, -0.05) is 12.8 Å². The van der Waals surface area contributed by atoms with Crippen LogP contribution in [0.2, 0.25) is 0 Å². The summed E-state index contributed by atoms with van der Waals surface area (Å²) in [5.41, 5.74) is 7.64. The molecule has 0 aliphatic carbocycles. The van der Waals surface area contributed by atoms with Gasteiger partial charge in [0.15, 0.2) is 5.65 Å². The number of anilines is 2. The Hall–Kier alpha value is -1.78. The zero-order valence-corrected chi connectivity index (χ0v) is 9.84. The minimum atomic E-state index is 0.331. The molecule has 0 atom stereocenters. The van der Waals surface area contributed by atoms with Crippen LogP contribution in [0.4, 0.5) is 11.6 Å². The van der Waals surface area contributed by atoms with Crippen molar-refractivity contribution in [2.24, 2.45) is 0 Å². The molecule has 1 fully saturated rings. The van der Waals surface area contributed by atoms with Gasteiger partial charge in [0.2, 0.25) is 5.95 Å². The maximum absolute atomic E-state index is 5.59. The molecule has 0 unspecified atom stereocenters. The van der Waals surface area contributed by atoms with Crippen molar-refractivity contribution in [1.82, 2.24) is 14.6 Å². The summed E-state index contributed by atoms with van der Waals surface area (Å²) in [5.74, 6) is 0.331. The van der Waals surface area contributed by atoms with Crippen molar-refractivity contribution >= 4 is 17.3 Å². The number of nitrogens with two attached hydrogens (primary N) is 1. The van der Waals surface area contributed by atoms with Crippen LogP contribution in [0.5, 0.6) is 0 Å². The molecular weight excluding hydrogens is 214 g/mol. The normalized spacial score (nSPS) is 17.3. The van der Waals surface area contributed by atoms with Crippen LogP contribution in [-0.2, 0) is 0 Å². The predicted molar refractivity (Wildman–Crippen MR) is 68.1 cm³/mol. The minimum absolute atomic E-state index is 0.331. The van der Waals surface area contributed by atoms with Crippen molar-refractivity contribution < 1.29 is 0 Å². The molecule has 0 bridgehead atoms. The molecule has 0 amide bonds. The van der Waals surface area contributed by atoms with Crippen molar-refractivity contribution in [3.63, 3.8) is 0 Å². The second-order valence-corrected chi connectivity index (χ2v) is 4.56. The van der Waals surface area contributed by atoms with E-state index in [-0.39, 0.29) is 0 Å². The zero-order valence-electron chi connectivity index (χ0n) is 9.84. The third-order valence-corrected chi connectivity index (χ3v) is 3.31. The van der Waals surface area contributed by atoms with Crippen molar-refractivity contribution in [2.75, 3.05) is 23.7 Å². The molecule has 1 aliphatic rings. The fourth-order valence-corrected chi connectivity index (χ4v) is 2.41. The molecule has 2 aromatic rings. The Labute approximate surface area is 100 Å². The van der Waals surface area contributed by atoms with Crippen LogP contribution in [0, 0.1) is 0 Å². The quantitative estimate of drug-likeness (QED) is 0.811. The van der Waals surface area contributed by atoms with Crippen LogP contribution >= 0.6 is 0 Å². The number of fused-ring (bicyclic) bond motifs is 1. The van der Waals surface area contributed by atoms with Gasteiger partial charge in [0, 0.05) is 31.0 Å². The third kappa shape index (κ3) is 2.05. The lowest BCUT2D eigenvalue weighted by Crippen LogP contribution is -2.23. The average molecular weight is 231 g/mol. The Balaban J connectivity index is 1.93. The van der Waals surface area contributed by atoms with Gasteiger partial charge in [-0.3, -0.25) is 0 Å². The summed E-state index contributed by atoms with van der Waals surface area (Å²) < 4.78 is 1.72. The first-order valence-electron chi connectivity index (χ1n) is 6.20. The molecule has 17 heavy (non-hydrogen) atoms. The minimum Gasteiger partial charge on any atom is -0.371 e. The summed E-state index contributed by atoms with van der Waals surface area (Å²) in [6.45, 7) is 2.28. The molecule has 0 aromatic carbocycles. The van der Waals surface area contributed by atoms with E-state index in [1.807, 2.05) is 6.20 Å². The summed E-state index contributed by atoms with van der Waals surface area (Å²) in [4.78, 5) is 6.62. The predicted octanol–water partition coefficient (Wildman–Crippen LogP) is 1.69. The molecule has 2 aromatic heterocycles. The molecule has 90 valence electrons. The third-order valence-electron chi connectivity index (χ3n) is 3.31. The first-order valence-corrected chi connectivity index (χ1v) is 6.20. The molecule has 1 aliphatic heterocycles. The van der Waals surface area contributed by atoms with Gasteiger partial charge in [-0.25, -0.2) is 4.52 Å². The van der Waals surface area contributed by atoms with E-state index in [0.29, 0.717) is 5.95 Å². The van der Waals surface area contributed by atoms with Gasteiger partial charge in [-0.2, -0.15) is 4.98 Å². The van der Waals surface area contributed by atoms with E-state index in [1.54, 1.807) is 4.52 Å². The molecule has 2 N–H and O–H groups in total. The van der Waals surface area contributed by atoms with E-state index in [1.165, 1.54) is 31.4 Å². The molecular formula is C12H17N5. The average Bonchev–Trinajstić information content (AvgIpc) is 2.53. The molecule has 3 heterocycles. The number of nitrogens with zero attached hydrogens (tertiary/aromatic N) is 4. The smallest absolute Gasteiger partial charge is 0.240 e. The van der Waals surface area contributed by atoms with Gasteiger partial charge >= 0.3 is 0 Å². The summed E-state index contributed by atoms with van der Waals surface area (Å²) in [5, 5.41) is 4.08. The maximum Gasteiger partial charge on any atom is 0.240 e. The Bertz CT molecular complexity index is 511. The van der Waals surface area contributed by atoms with E-state index in [2.05, 4.69) is 27.1 Å². The highest BCUT2D eigenvalue weighted by Gasteiger charge is 2.11. The summed E-state index contributed by atoms with van der Waals surface area (Å²) >= 11 is 0. The fraction of sp³-hybridized carbons (Fsp3) is 0.500. The largest absolute Gasteiger partial charge is 0.371 e. The lowest BCUT2D eigenvalue weighted by molar-refractivity contribution is 0.726. The van der Waals surface area contributed by atoms with E-state index in [4.69, 9.17) is 5.73 Å². The van der Waals surface area contributed by atoms with E-state index in [0.717, 1.165) is 18.7 Å². The topological polar surface area (TPSA) is 59.5 Å². The van der Waals surface area contributed by atoms with Crippen LogP contribution in [0.25, 0.3) is 5.65 Å². The molecule has 0 spiro atoms. The van der Waals surface area contributed by atoms with E-state index < -0.39 is 0 Å². The number of nitrogen functional groups attached to an aromatic ring is 1. The highest BCUT2D eigenvalue weighted by atomic mass is 15.3. The van der Waals surface area contributed by atoms with Crippen LogP contribution < -0.4 is 10.6 Å². The standard InChI is InChI=1S/C12H17N5/c13-12-14-11-9-10(5-8-17(11)15-12)16-6-3-1-2-4-7-16/h5,8-9H,1-4,6-7H2,(H2,13,15). The van der Waals surface area contributed by atoms with Crippen LogP contribution in [-0.4, -0.2) is 27.7 Å². The Morgan fingerprint density at radius 2 is 1.88 bits per heavy atom. The van der Waals surface area contributed by atoms with Crippen LogP contribution in [0.3, 0.4) is 0 Å². The molecule has 1 saturated heterocycles. The van der Waals surface area contributed by atoms with Gasteiger partial charge in [0.05, 0.1) is 0 Å². The fourth-order valence-electron chi connectivity index (χ4n) is 2.41. The van der Waals surface area contributed by atoms with E-state index >= 15 is 0 Å². The van der Waals surface area contributed by atoms with Crippen LogP contribution in [0.15, 0.2) is 18.3 Å². The highest BCUT2D eigenvalue weighted by Crippen LogP contribution is 2.20. The Morgan fingerprint density at radius 3 is 2.65 bits per heavy atom. The van der Waals surface area contributed by atoms with Gasteiger partial charge in [-0.15, -0.1) is 5.10 Å². The molecule has 0 saturated carbocycles. The highest BCUT2D eigenvalue weighted by molar-refractivity contribution is 5.56. The number of rotatable bonds is 1. The summed E-state index contributed by atoms with van der Waals surface area (Å²) in [7, 11) is 0. The van der Waals surface area contributed by atoms with Crippen molar-refractivity contribution in [1.29, 1.82) is 0 Å². The van der Waals surface area contributed by atoms with Gasteiger partial charge in [0.25, 0.3) is 0 Å². The SMILES string of the molecule is Nc1nc2cc(N3CCCCCC3)ccn2n1. The maximum atomic E-state index is 5.59.